The first-order chi connectivity index (χ1) is 5.59. The Morgan fingerprint density at radius 2 is 2.42 bits per heavy atom. The van der Waals surface area contributed by atoms with E-state index in [4.69, 9.17) is 5.14 Å². The topological polar surface area (TPSA) is 90.0 Å². The number of nitrogens with zero attached hydrogens (tertiary/aromatic N) is 2. The van der Waals surface area contributed by atoms with Crippen molar-refractivity contribution in [2.45, 2.75) is 11.6 Å². The smallest absolute Gasteiger partial charge is 0.255 e. The normalized spacial score (nSPS) is 15.8. The van der Waals surface area contributed by atoms with Crippen LogP contribution in [0, 0.1) is 0 Å². The van der Waals surface area contributed by atoms with Crippen molar-refractivity contribution in [2.24, 2.45) is 5.14 Å². The van der Waals surface area contributed by atoms with Gasteiger partial charge in [-0.2, -0.15) is 0 Å². The quantitative estimate of drug-likeness (QED) is 0.588. The molecular formula is C5H8N4O2S. The van der Waals surface area contributed by atoms with Gasteiger partial charge in [0.15, 0.2) is 5.03 Å². The minimum atomic E-state index is -3.62. The van der Waals surface area contributed by atoms with E-state index >= 15 is 0 Å². The summed E-state index contributed by atoms with van der Waals surface area (Å²) in [5.74, 6) is 0.569. The maximum absolute atomic E-state index is 10.9. The van der Waals surface area contributed by atoms with Gasteiger partial charge in [0.1, 0.15) is 0 Å². The first-order valence-corrected chi connectivity index (χ1v) is 4.96. The van der Waals surface area contributed by atoms with E-state index in [2.05, 4.69) is 10.3 Å². The van der Waals surface area contributed by atoms with Gasteiger partial charge in [0.05, 0.1) is 6.20 Å². The Morgan fingerprint density at radius 1 is 1.67 bits per heavy atom. The standard InChI is InChI=1S/C5H8N4O2S/c6-12(10,11)4-3-8-5-7-1-2-9(4)5/h3H,1-2H2,(H,7,8)(H2,6,10,11). The van der Waals surface area contributed by atoms with Gasteiger partial charge in [-0.25, -0.2) is 18.5 Å². The molecule has 1 aliphatic rings. The Hall–Kier alpha value is -1.08. The van der Waals surface area contributed by atoms with Gasteiger partial charge in [-0.3, -0.25) is 4.57 Å². The molecule has 3 N–H and O–H groups in total. The molecule has 0 unspecified atom stereocenters. The first-order valence-electron chi connectivity index (χ1n) is 3.41. The molecule has 2 heterocycles. The van der Waals surface area contributed by atoms with Crippen LogP contribution in [0.1, 0.15) is 0 Å². The molecule has 0 aromatic carbocycles. The molecule has 0 amide bonds. The van der Waals surface area contributed by atoms with Gasteiger partial charge in [-0.15, -0.1) is 0 Å². The predicted octanol–water partition coefficient (Wildman–Crippen LogP) is -1.04. The fraction of sp³-hybridized carbons (Fsp3) is 0.400. The number of imidazole rings is 1. The Labute approximate surface area is 69.4 Å². The number of hydrogen-bond acceptors (Lipinski definition) is 4. The van der Waals surface area contributed by atoms with E-state index in [1.54, 1.807) is 4.57 Å². The summed E-state index contributed by atoms with van der Waals surface area (Å²) in [4.78, 5) is 3.86. The highest BCUT2D eigenvalue weighted by molar-refractivity contribution is 7.89. The lowest BCUT2D eigenvalue weighted by atomic mass is 10.7. The molecule has 0 atom stereocenters. The third-order valence-electron chi connectivity index (χ3n) is 1.73. The molecule has 0 radical (unpaired) electrons. The van der Waals surface area contributed by atoms with E-state index in [0.717, 1.165) is 0 Å². The van der Waals surface area contributed by atoms with Crippen molar-refractivity contribution in [2.75, 3.05) is 11.9 Å². The minimum Gasteiger partial charge on any atom is -0.354 e. The third-order valence-corrected chi connectivity index (χ3v) is 2.64. The molecule has 0 bridgehead atoms. The molecule has 0 fully saturated rings. The Bertz CT molecular complexity index is 407. The Morgan fingerprint density at radius 3 is 3.08 bits per heavy atom. The van der Waals surface area contributed by atoms with E-state index < -0.39 is 10.0 Å². The van der Waals surface area contributed by atoms with Crippen molar-refractivity contribution in [3.63, 3.8) is 0 Å². The van der Waals surface area contributed by atoms with Crippen LogP contribution in [0.3, 0.4) is 0 Å². The molecule has 12 heavy (non-hydrogen) atoms. The summed E-state index contributed by atoms with van der Waals surface area (Å²) < 4.78 is 23.4. The fourth-order valence-electron chi connectivity index (χ4n) is 1.22. The zero-order valence-electron chi connectivity index (χ0n) is 6.19. The highest BCUT2D eigenvalue weighted by Crippen LogP contribution is 2.17. The molecule has 0 aliphatic carbocycles. The van der Waals surface area contributed by atoms with Crippen LogP contribution in [-0.4, -0.2) is 24.5 Å². The number of anilines is 1. The summed E-state index contributed by atoms with van der Waals surface area (Å²) in [5, 5.41) is 7.95. The monoisotopic (exact) mass is 188 g/mol. The van der Waals surface area contributed by atoms with Crippen molar-refractivity contribution in [1.29, 1.82) is 0 Å². The number of aromatic nitrogens is 2. The number of fused-ring (bicyclic) bond motifs is 1. The van der Waals surface area contributed by atoms with Gasteiger partial charge in [-0.05, 0) is 0 Å². The van der Waals surface area contributed by atoms with Gasteiger partial charge in [0.25, 0.3) is 10.0 Å². The maximum Gasteiger partial charge on any atom is 0.255 e. The van der Waals surface area contributed by atoms with E-state index in [1.807, 2.05) is 0 Å². The highest BCUT2D eigenvalue weighted by Gasteiger charge is 2.21. The van der Waals surface area contributed by atoms with Crippen LogP contribution >= 0.6 is 0 Å². The molecule has 1 aliphatic heterocycles. The molecule has 0 spiro atoms. The summed E-state index contributed by atoms with van der Waals surface area (Å²) in [6.07, 6.45) is 1.26. The summed E-state index contributed by atoms with van der Waals surface area (Å²) >= 11 is 0. The lowest BCUT2D eigenvalue weighted by molar-refractivity contribution is 0.584. The van der Waals surface area contributed by atoms with E-state index in [1.165, 1.54) is 6.20 Å². The Kier molecular flexibility index (Phi) is 1.39. The SMILES string of the molecule is NS(=O)(=O)c1cnc2n1CCN2. The minimum absolute atomic E-state index is 0.0718. The van der Waals surface area contributed by atoms with Crippen LogP contribution in [0.4, 0.5) is 5.95 Å². The fourth-order valence-corrected chi connectivity index (χ4v) is 1.91. The van der Waals surface area contributed by atoms with E-state index in [0.29, 0.717) is 19.0 Å². The van der Waals surface area contributed by atoms with Gasteiger partial charge in [0.2, 0.25) is 5.95 Å². The van der Waals surface area contributed by atoms with Crippen LogP contribution in [-0.2, 0) is 16.6 Å². The summed E-state index contributed by atoms with van der Waals surface area (Å²) in [6.45, 7) is 1.30. The number of primary sulfonamides is 1. The number of rotatable bonds is 1. The molecule has 0 saturated heterocycles. The van der Waals surface area contributed by atoms with Crippen LogP contribution < -0.4 is 10.5 Å². The highest BCUT2D eigenvalue weighted by atomic mass is 32.2. The van der Waals surface area contributed by atoms with Crippen LogP contribution in [0.15, 0.2) is 11.2 Å². The van der Waals surface area contributed by atoms with Gasteiger partial charge >= 0.3 is 0 Å². The lowest BCUT2D eigenvalue weighted by Crippen LogP contribution is -2.16. The average Bonchev–Trinajstić information content (AvgIpc) is 2.37. The van der Waals surface area contributed by atoms with Crippen molar-refractivity contribution >= 4 is 16.0 Å². The van der Waals surface area contributed by atoms with Crippen molar-refractivity contribution in [1.82, 2.24) is 9.55 Å². The van der Waals surface area contributed by atoms with Gasteiger partial charge < -0.3 is 5.32 Å². The molecular weight excluding hydrogens is 180 g/mol. The molecule has 6 nitrogen and oxygen atoms in total. The van der Waals surface area contributed by atoms with Crippen molar-refractivity contribution in [3.8, 4) is 0 Å². The zero-order valence-corrected chi connectivity index (χ0v) is 7.00. The second kappa shape index (κ2) is 2.20. The lowest BCUT2D eigenvalue weighted by Gasteiger charge is -1.98. The second-order valence-corrected chi connectivity index (χ2v) is 4.05. The molecule has 7 heteroatoms. The van der Waals surface area contributed by atoms with Crippen molar-refractivity contribution < 1.29 is 8.42 Å². The van der Waals surface area contributed by atoms with Crippen LogP contribution in [0.25, 0.3) is 0 Å². The third kappa shape index (κ3) is 0.978. The van der Waals surface area contributed by atoms with Crippen LogP contribution in [0.5, 0.6) is 0 Å². The number of sulfonamides is 1. The number of hydrogen-bond donors (Lipinski definition) is 2. The molecule has 0 saturated carbocycles. The zero-order chi connectivity index (χ0) is 8.77. The molecule has 66 valence electrons. The predicted molar refractivity (Wildman–Crippen MR) is 42.1 cm³/mol. The largest absolute Gasteiger partial charge is 0.354 e. The summed E-state index contributed by atoms with van der Waals surface area (Å²) in [7, 11) is -3.62. The molecule has 2 rings (SSSR count). The summed E-state index contributed by atoms with van der Waals surface area (Å²) in [5.41, 5.74) is 0. The maximum atomic E-state index is 10.9. The van der Waals surface area contributed by atoms with E-state index in [-0.39, 0.29) is 5.03 Å². The first kappa shape index (κ1) is 7.56. The van der Waals surface area contributed by atoms with Gasteiger partial charge in [-0.1, -0.05) is 0 Å². The van der Waals surface area contributed by atoms with Crippen LogP contribution in [0.2, 0.25) is 0 Å². The van der Waals surface area contributed by atoms with Gasteiger partial charge in [0, 0.05) is 13.1 Å². The van der Waals surface area contributed by atoms with E-state index in [9.17, 15) is 8.42 Å². The Balaban J connectivity index is 2.61. The average molecular weight is 188 g/mol. The summed E-state index contributed by atoms with van der Waals surface area (Å²) in [6, 6.07) is 0. The second-order valence-electron chi connectivity index (χ2n) is 2.54. The van der Waals surface area contributed by atoms with Crippen molar-refractivity contribution in [3.05, 3.63) is 6.20 Å². The number of nitrogens with two attached hydrogens (primary N) is 1. The molecule has 1 aromatic rings. The number of nitrogens with one attached hydrogen (secondary N) is 1. The molecule has 1 aromatic heterocycles.